The number of benzene rings is 3. The number of nitrogens with two attached hydrogens (primary N) is 2. The zero-order valence-corrected chi connectivity index (χ0v) is 17.8. The first-order valence-electron chi connectivity index (χ1n) is 10.2. The van der Waals surface area contributed by atoms with Gasteiger partial charge in [-0.1, -0.05) is 18.2 Å². The standard InChI is InChI=1S/C24H21N5O5/c25-17-4-2-1-3-13(17)15-7-12(14(24(33)34)10-20(30)31)8-16(21(15)32)23-28-18-6-5-11(22(26)27)9-19(18)29-23/h1-9,14,23,32H,10,25H2,(H3,26,27)(H,30,31)(H,33,34)/t14-,23?/m0/s1. The summed E-state index contributed by atoms with van der Waals surface area (Å²) < 4.78 is 0. The van der Waals surface area contributed by atoms with Crippen LogP contribution in [0.15, 0.2) is 64.6 Å². The molecule has 0 aliphatic carbocycles. The number of carboxylic acids is 2. The molecular formula is C24H21N5O5. The van der Waals surface area contributed by atoms with E-state index in [-0.39, 0.29) is 28.3 Å². The minimum Gasteiger partial charge on any atom is -0.507 e. The molecule has 1 heterocycles. The molecular weight excluding hydrogens is 438 g/mol. The van der Waals surface area contributed by atoms with Gasteiger partial charge in [0.1, 0.15) is 11.6 Å². The quantitative estimate of drug-likeness (QED) is 0.175. The van der Waals surface area contributed by atoms with Crippen LogP contribution in [0, 0.1) is 5.41 Å². The van der Waals surface area contributed by atoms with Gasteiger partial charge in [-0.2, -0.15) is 0 Å². The molecule has 1 unspecified atom stereocenters. The fourth-order valence-corrected chi connectivity index (χ4v) is 3.88. The number of nitrogens with one attached hydrogen (secondary N) is 1. The number of aliphatic carboxylic acids is 2. The van der Waals surface area contributed by atoms with Gasteiger partial charge in [0.2, 0.25) is 0 Å². The van der Waals surface area contributed by atoms with Crippen LogP contribution in [0.1, 0.15) is 35.2 Å². The maximum Gasteiger partial charge on any atom is 0.311 e. The summed E-state index contributed by atoms with van der Waals surface area (Å²) in [7, 11) is 0. The van der Waals surface area contributed by atoms with Crippen LogP contribution in [0.2, 0.25) is 0 Å². The average Bonchev–Trinajstić information content (AvgIpc) is 3.21. The molecule has 2 atom stereocenters. The largest absolute Gasteiger partial charge is 0.507 e. The van der Waals surface area contributed by atoms with Crippen molar-refractivity contribution in [2.24, 2.45) is 15.7 Å². The molecule has 4 rings (SSSR count). The summed E-state index contributed by atoms with van der Waals surface area (Å²) in [5, 5.41) is 38.7. The van der Waals surface area contributed by atoms with Gasteiger partial charge in [0.25, 0.3) is 0 Å². The Morgan fingerprint density at radius 1 is 1.00 bits per heavy atom. The number of nitrogen functional groups attached to an aromatic ring is 2. The summed E-state index contributed by atoms with van der Waals surface area (Å²) in [4.78, 5) is 32.3. The lowest BCUT2D eigenvalue weighted by atomic mass is 9.89. The molecule has 172 valence electrons. The molecule has 0 radical (unpaired) electrons. The highest BCUT2D eigenvalue weighted by atomic mass is 16.4. The Balaban J connectivity index is 1.94. The molecule has 8 N–H and O–H groups in total. The van der Waals surface area contributed by atoms with Crippen molar-refractivity contribution >= 4 is 23.5 Å². The van der Waals surface area contributed by atoms with Gasteiger partial charge in [-0.3, -0.25) is 25.0 Å². The molecule has 10 nitrogen and oxygen atoms in total. The zero-order chi connectivity index (χ0) is 24.6. The number of nitrogens with zero attached hydrogens (tertiary/aromatic N) is 2. The first-order valence-corrected chi connectivity index (χ1v) is 10.2. The van der Waals surface area contributed by atoms with Crippen molar-refractivity contribution in [2.75, 3.05) is 5.73 Å². The molecule has 0 fully saturated rings. The van der Waals surface area contributed by atoms with E-state index in [2.05, 4.69) is 9.98 Å². The Kier molecular flexibility index (Phi) is 5.72. The molecule has 0 bridgehead atoms. The highest BCUT2D eigenvalue weighted by molar-refractivity contribution is 5.94. The van der Waals surface area contributed by atoms with E-state index in [0.717, 1.165) is 0 Å². The highest BCUT2D eigenvalue weighted by Crippen LogP contribution is 2.42. The van der Waals surface area contributed by atoms with E-state index in [1.807, 2.05) is 0 Å². The predicted octanol–water partition coefficient (Wildman–Crippen LogP) is 1.52. The minimum atomic E-state index is -1.37. The van der Waals surface area contributed by atoms with E-state index in [1.54, 1.807) is 42.5 Å². The smallest absolute Gasteiger partial charge is 0.311 e. The molecule has 1 aliphatic heterocycles. The van der Waals surface area contributed by atoms with E-state index >= 15 is 0 Å². The number of aromatic hydroxyl groups is 1. The van der Waals surface area contributed by atoms with E-state index < -0.39 is 30.4 Å². The first-order chi connectivity index (χ1) is 16.2. The number of anilines is 1. The molecule has 0 saturated heterocycles. The fourth-order valence-electron chi connectivity index (χ4n) is 3.88. The second-order valence-corrected chi connectivity index (χ2v) is 7.83. The molecule has 0 spiro atoms. The Morgan fingerprint density at radius 2 is 1.71 bits per heavy atom. The van der Waals surface area contributed by atoms with E-state index in [0.29, 0.717) is 27.5 Å². The third-order valence-corrected chi connectivity index (χ3v) is 5.58. The Bertz CT molecular complexity index is 1470. The molecule has 3 aromatic carbocycles. The Labute approximate surface area is 193 Å². The molecule has 0 amide bonds. The monoisotopic (exact) mass is 459 g/mol. The zero-order valence-electron chi connectivity index (χ0n) is 17.8. The number of rotatable bonds is 7. The SMILES string of the molecule is N=C(N)c1ccc2c(c1)=NC(c1cc([C@H](CC(=O)O)C(=O)O)cc(-c3ccccc3N)c1O)N=2. The summed E-state index contributed by atoms with van der Waals surface area (Å²) in [6.45, 7) is 0. The van der Waals surface area contributed by atoms with Crippen molar-refractivity contribution in [3.8, 4) is 16.9 Å². The lowest BCUT2D eigenvalue weighted by Crippen LogP contribution is -2.24. The Morgan fingerprint density at radius 3 is 2.35 bits per heavy atom. The number of fused-ring (bicyclic) bond motifs is 1. The van der Waals surface area contributed by atoms with Gasteiger partial charge in [0.05, 0.1) is 23.1 Å². The molecule has 0 saturated carbocycles. The van der Waals surface area contributed by atoms with Gasteiger partial charge in [0.15, 0.2) is 6.17 Å². The molecule has 10 heteroatoms. The summed E-state index contributed by atoms with van der Waals surface area (Å²) in [6, 6.07) is 14.5. The lowest BCUT2D eigenvalue weighted by molar-refractivity contribution is -0.145. The fraction of sp³-hybridized carbons (Fsp3) is 0.125. The minimum absolute atomic E-state index is 0.133. The topological polar surface area (TPSA) is 195 Å². The lowest BCUT2D eigenvalue weighted by Gasteiger charge is -2.19. The molecule has 1 aliphatic rings. The summed E-state index contributed by atoms with van der Waals surface area (Å²) >= 11 is 0. The summed E-state index contributed by atoms with van der Waals surface area (Å²) in [5.41, 5.74) is 13.5. The highest BCUT2D eigenvalue weighted by Gasteiger charge is 2.28. The van der Waals surface area contributed by atoms with Crippen molar-refractivity contribution < 1.29 is 24.9 Å². The first kappa shape index (κ1) is 22.5. The van der Waals surface area contributed by atoms with Crippen molar-refractivity contribution in [1.29, 1.82) is 5.41 Å². The number of hydrogen-bond acceptors (Lipinski definition) is 7. The normalized spacial score (nSPS) is 15.0. The number of hydrogen-bond donors (Lipinski definition) is 6. The van der Waals surface area contributed by atoms with Gasteiger partial charge < -0.3 is 26.8 Å². The number of carbonyl (C=O) groups is 2. The molecule has 34 heavy (non-hydrogen) atoms. The predicted molar refractivity (Wildman–Crippen MR) is 123 cm³/mol. The van der Waals surface area contributed by atoms with Gasteiger partial charge in [-0.05, 0) is 42.0 Å². The Hall–Kier alpha value is -4.73. The third-order valence-electron chi connectivity index (χ3n) is 5.58. The van der Waals surface area contributed by atoms with Crippen molar-refractivity contribution in [3.63, 3.8) is 0 Å². The van der Waals surface area contributed by atoms with Crippen LogP contribution in [0.25, 0.3) is 11.1 Å². The number of carboxylic acid groups (broad SMARTS) is 2. The second-order valence-electron chi connectivity index (χ2n) is 7.83. The van der Waals surface area contributed by atoms with Gasteiger partial charge >= 0.3 is 11.9 Å². The van der Waals surface area contributed by atoms with Gasteiger partial charge in [-0.25, -0.2) is 0 Å². The average molecular weight is 459 g/mol. The van der Waals surface area contributed by atoms with Crippen molar-refractivity contribution in [2.45, 2.75) is 18.5 Å². The van der Waals surface area contributed by atoms with Crippen LogP contribution in [0.4, 0.5) is 5.69 Å². The van der Waals surface area contributed by atoms with E-state index in [9.17, 15) is 24.9 Å². The third kappa shape index (κ3) is 4.16. The van der Waals surface area contributed by atoms with Crippen LogP contribution >= 0.6 is 0 Å². The number of amidine groups is 1. The van der Waals surface area contributed by atoms with Crippen LogP contribution in [0.3, 0.4) is 0 Å². The number of para-hydroxylation sites is 1. The van der Waals surface area contributed by atoms with E-state index in [1.165, 1.54) is 12.1 Å². The maximum absolute atomic E-state index is 11.9. The van der Waals surface area contributed by atoms with Crippen molar-refractivity contribution in [3.05, 3.63) is 82.0 Å². The number of phenolic OH excluding ortho intramolecular Hbond substituents is 1. The number of phenols is 1. The van der Waals surface area contributed by atoms with Crippen LogP contribution in [0.5, 0.6) is 5.75 Å². The molecule has 0 aromatic heterocycles. The van der Waals surface area contributed by atoms with Gasteiger partial charge in [-0.15, -0.1) is 0 Å². The summed E-state index contributed by atoms with van der Waals surface area (Å²) in [6.07, 6.45) is -1.56. The maximum atomic E-state index is 11.9. The molecule has 3 aromatic rings. The van der Waals surface area contributed by atoms with Crippen molar-refractivity contribution in [1.82, 2.24) is 0 Å². The van der Waals surface area contributed by atoms with Crippen LogP contribution in [-0.2, 0) is 9.59 Å². The van der Waals surface area contributed by atoms with Gasteiger partial charge in [0, 0.05) is 27.9 Å². The van der Waals surface area contributed by atoms with Crippen LogP contribution < -0.4 is 22.2 Å². The van der Waals surface area contributed by atoms with Crippen LogP contribution in [-0.4, -0.2) is 33.1 Å². The summed E-state index contributed by atoms with van der Waals surface area (Å²) in [5.74, 6) is -4.29. The van der Waals surface area contributed by atoms with E-state index in [4.69, 9.17) is 16.9 Å². The second kappa shape index (κ2) is 8.66.